The average molecular weight is 371 g/mol. The number of halogens is 1. The van der Waals surface area contributed by atoms with Crippen LogP contribution < -0.4 is 0 Å². The van der Waals surface area contributed by atoms with Gasteiger partial charge in [0.2, 0.25) is 0 Å². The van der Waals surface area contributed by atoms with Gasteiger partial charge in [0.05, 0.1) is 5.56 Å². The molecule has 0 amide bonds. The van der Waals surface area contributed by atoms with Gasteiger partial charge in [-0.15, -0.1) is 0 Å². The molecule has 0 aliphatic carbocycles. The standard InChI is InChI=1S/C24H31FO2/c1-2-3-4-5-6-7-8-9-10-11-19-12-14-20(15-13-19)21-16-17-22(24(26)27)23(25)18-21/h12-18H,2-11H2,1H3,(H,26,27). The van der Waals surface area contributed by atoms with E-state index >= 15 is 0 Å². The van der Waals surface area contributed by atoms with Gasteiger partial charge < -0.3 is 5.11 Å². The Morgan fingerprint density at radius 1 is 0.815 bits per heavy atom. The van der Waals surface area contributed by atoms with Gasteiger partial charge in [-0.25, -0.2) is 9.18 Å². The normalized spacial score (nSPS) is 10.9. The maximum absolute atomic E-state index is 13.8. The Bertz CT molecular complexity index is 707. The summed E-state index contributed by atoms with van der Waals surface area (Å²) in [5, 5.41) is 8.91. The first kappa shape index (κ1) is 21.1. The van der Waals surface area contributed by atoms with Gasteiger partial charge in [-0.2, -0.15) is 0 Å². The van der Waals surface area contributed by atoms with Crippen molar-refractivity contribution in [2.24, 2.45) is 0 Å². The van der Waals surface area contributed by atoms with Gasteiger partial charge in [-0.05, 0) is 41.7 Å². The first-order valence-electron chi connectivity index (χ1n) is 10.2. The molecule has 0 unspecified atom stereocenters. The molecule has 0 heterocycles. The van der Waals surface area contributed by atoms with Crippen molar-refractivity contribution < 1.29 is 14.3 Å². The summed E-state index contributed by atoms with van der Waals surface area (Å²) in [6, 6.07) is 12.4. The lowest BCUT2D eigenvalue weighted by Gasteiger charge is -2.06. The van der Waals surface area contributed by atoms with Crippen molar-refractivity contribution in [2.75, 3.05) is 0 Å². The number of carboxylic acids is 1. The van der Waals surface area contributed by atoms with E-state index in [4.69, 9.17) is 5.11 Å². The molecule has 27 heavy (non-hydrogen) atoms. The first-order valence-corrected chi connectivity index (χ1v) is 10.2. The molecular weight excluding hydrogens is 339 g/mol. The molecule has 2 aromatic rings. The largest absolute Gasteiger partial charge is 0.478 e. The summed E-state index contributed by atoms with van der Waals surface area (Å²) in [6.07, 6.45) is 13.0. The first-order chi connectivity index (χ1) is 13.1. The second kappa shape index (κ2) is 11.5. The van der Waals surface area contributed by atoms with E-state index in [1.165, 1.54) is 75.5 Å². The summed E-state index contributed by atoms with van der Waals surface area (Å²) >= 11 is 0. The molecule has 2 aromatic carbocycles. The minimum atomic E-state index is -1.24. The third kappa shape index (κ3) is 7.16. The maximum Gasteiger partial charge on any atom is 0.338 e. The van der Waals surface area contributed by atoms with Gasteiger partial charge in [0.1, 0.15) is 5.82 Å². The Balaban J connectivity index is 1.74. The lowest BCUT2D eigenvalue weighted by Crippen LogP contribution is -2.00. The van der Waals surface area contributed by atoms with Crippen LogP contribution in [0, 0.1) is 5.82 Å². The number of hydrogen-bond acceptors (Lipinski definition) is 1. The number of hydrogen-bond donors (Lipinski definition) is 1. The number of aromatic carboxylic acids is 1. The van der Waals surface area contributed by atoms with E-state index in [9.17, 15) is 9.18 Å². The van der Waals surface area contributed by atoms with E-state index in [-0.39, 0.29) is 5.56 Å². The highest BCUT2D eigenvalue weighted by Crippen LogP contribution is 2.23. The van der Waals surface area contributed by atoms with Crippen molar-refractivity contribution in [3.05, 3.63) is 59.4 Å². The molecule has 146 valence electrons. The summed E-state index contributed by atoms with van der Waals surface area (Å²) in [6.45, 7) is 2.25. The molecule has 0 saturated carbocycles. The van der Waals surface area contributed by atoms with Gasteiger partial charge in [0.25, 0.3) is 0 Å². The quantitative estimate of drug-likeness (QED) is 0.399. The van der Waals surface area contributed by atoms with E-state index in [2.05, 4.69) is 19.1 Å². The predicted molar refractivity (Wildman–Crippen MR) is 110 cm³/mol. The van der Waals surface area contributed by atoms with Gasteiger partial charge in [-0.3, -0.25) is 0 Å². The molecule has 2 rings (SSSR count). The Kier molecular flexibility index (Phi) is 9.03. The molecule has 2 nitrogen and oxygen atoms in total. The van der Waals surface area contributed by atoms with E-state index in [1.54, 1.807) is 6.07 Å². The molecule has 0 fully saturated rings. The lowest BCUT2D eigenvalue weighted by molar-refractivity contribution is 0.0692. The van der Waals surface area contributed by atoms with Crippen LogP contribution in [0.2, 0.25) is 0 Å². The molecule has 0 bridgehead atoms. The van der Waals surface area contributed by atoms with E-state index in [0.717, 1.165) is 12.0 Å². The van der Waals surface area contributed by atoms with Gasteiger partial charge >= 0.3 is 5.97 Å². The highest BCUT2D eigenvalue weighted by Gasteiger charge is 2.11. The van der Waals surface area contributed by atoms with E-state index < -0.39 is 11.8 Å². The van der Waals surface area contributed by atoms with Crippen LogP contribution in [-0.4, -0.2) is 11.1 Å². The fraction of sp³-hybridized carbons (Fsp3) is 0.458. The van der Waals surface area contributed by atoms with Crippen LogP contribution in [0.25, 0.3) is 11.1 Å². The molecular formula is C24H31FO2. The number of rotatable bonds is 12. The van der Waals surface area contributed by atoms with Crippen LogP contribution in [0.5, 0.6) is 0 Å². The molecule has 3 heteroatoms. The molecule has 0 spiro atoms. The van der Waals surface area contributed by atoms with Crippen molar-refractivity contribution in [1.82, 2.24) is 0 Å². The van der Waals surface area contributed by atoms with Gasteiger partial charge in [0.15, 0.2) is 0 Å². The minimum Gasteiger partial charge on any atom is -0.478 e. The molecule has 0 saturated heterocycles. The molecule has 0 aliphatic rings. The zero-order valence-corrected chi connectivity index (χ0v) is 16.3. The molecule has 1 N–H and O–H groups in total. The number of carbonyl (C=O) groups is 1. The number of aryl methyl sites for hydroxylation is 1. The molecule has 0 atom stereocenters. The number of carboxylic acid groups (broad SMARTS) is 1. The van der Waals surface area contributed by atoms with Crippen molar-refractivity contribution >= 4 is 5.97 Å². The Morgan fingerprint density at radius 3 is 1.93 bits per heavy atom. The van der Waals surface area contributed by atoms with Crippen LogP contribution in [0.3, 0.4) is 0 Å². The van der Waals surface area contributed by atoms with Gasteiger partial charge in [-0.1, -0.05) is 88.6 Å². The number of unbranched alkanes of at least 4 members (excludes halogenated alkanes) is 8. The summed E-state index contributed by atoms with van der Waals surface area (Å²) in [4.78, 5) is 10.9. The van der Waals surface area contributed by atoms with Crippen molar-refractivity contribution in [3.8, 4) is 11.1 Å². The van der Waals surface area contributed by atoms with Crippen LogP contribution in [0.1, 0.15) is 80.6 Å². The SMILES string of the molecule is CCCCCCCCCCCc1ccc(-c2ccc(C(=O)O)c(F)c2)cc1. The zero-order chi connectivity index (χ0) is 19.5. The fourth-order valence-corrected chi connectivity index (χ4v) is 3.37. The maximum atomic E-state index is 13.8. The summed E-state index contributed by atoms with van der Waals surface area (Å²) in [5.41, 5.74) is 2.61. The second-order valence-corrected chi connectivity index (χ2v) is 7.28. The molecule has 0 aliphatic heterocycles. The highest BCUT2D eigenvalue weighted by molar-refractivity contribution is 5.88. The Hall–Kier alpha value is -2.16. The van der Waals surface area contributed by atoms with Crippen LogP contribution in [0.15, 0.2) is 42.5 Å². The second-order valence-electron chi connectivity index (χ2n) is 7.28. The van der Waals surface area contributed by atoms with E-state index in [0.29, 0.717) is 5.56 Å². The van der Waals surface area contributed by atoms with Crippen molar-refractivity contribution in [2.45, 2.75) is 71.1 Å². The summed E-state index contributed by atoms with van der Waals surface area (Å²) in [7, 11) is 0. The monoisotopic (exact) mass is 370 g/mol. The van der Waals surface area contributed by atoms with Crippen LogP contribution in [-0.2, 0) is 6.42 Å². The third-order valence-corrected chi connectivity index (χ3v) is 5.06. The Labute approximate surface area is 162 Å². The lowest BCUT2D eigenvalue weighted by atomic mass is 9.99. The van der Waals surface area contributed by atoms with Crippen LogP contribution >= 0.6 is 0 Å². The third-order valence-electron chi connectivity index (χ3n) is 5.06. The highest BCUT2D eigenvalue weighted by atomic mass is 19.1. The zero-order valence-electron chi connectivity index (χ0n) is 16.3. The number of benzene rings is 2. The predicted octanol–water partition coefficient (Wildman–Crippen LogP) is 7.26. The van der Waals surface area contributed by atoms with E-state index in [1.807, 2.05) is 12.1 Å². The smallest absolute Gasteiger partial charge is 0.338 e. The topological polar surface area (TPSA) is 37.3 Å². The molecule has 0 radical (unpaired) electrons. The van der Waals surface area contributed by atoms with Gasteiger partial charge in [0, 0.05) is 0 Å². The van der Waals surface area contributed by atoms with Crippen LogP contribution in [0.4, 0.5) is 4.39 Å². The van der Waals surface area contributed by atoms with Crippen molar-refractivity contribution in [3.63, 3.8) is 0 Å². The fourth-order valence-electron chi connectivity index (χ4n) is 3.37. The van der Waals surface area contributed by atoms with Crippen molar-refractivity contribution in [1.29, 1.82) is 0 Å². The Morgan fingerprint density at radius 2 is 1.37 bits per heavy atom. The molecule has 0 aromatic heterocycles. The summed E-state index contributed by atoms with van der Waals surface area (Å²) < 4.78 is 13.8. The summed E-state index contributed by atoms with van der Waals surface area (Å²) in [5.74, 6) is -1.94. The average Bonchev–Trinajstić information content (AvgIpc) is 2.67. The minimum absolute atomic E-state index is 0.291.